The van der Waals surface area contributed by atoms with Crippen molar-refractivity contribution in [2.75, 3.05) is 7.11 Å². The highest BCUT2D eigenvalue weighted by Crippen LogP contribution is 2.34. The summed E-state index contributed by atoms with van der Waals surface area (Å²) < 4.78 is 11.2. The van der Waals surface area contributed by atoms with Crippen LogP contribution in [0.25, 0.3) is 9.34 Å². The standard InChI is InChI=1S/C17H14INO5/c1-11(20)24-17(13-5-9-15(23-2)10-6-13)16(18)12-3-7-14(8-4-12)19(21)22/h3-10H,1-2H3/b17-16+. The second-order valence-electron chi connectivity index (χ2n) is 4.77. The molecule has 2 aromatic carbocycles. The number of esters is 1. The molecule has 2 rings (SSSR count). The lowest BCUT2D eigenvalue weighted by Gasteiger charge is -2.12. The third-order valence-electron chi connectivity index (χ3n) is 3.13. The molecule has 124 valence electrons. The molecule has 0 fully saturated rings. The van der Waals surface area contributed by atoms with Crippen LogP contribution in [0.4, 0.5) is 5.69 Å². The number of carbonyl (C=O) groups is 1. The van der Waals surface area contributed by atoms with Crippen molar-refractivity contribution in [3.8, 4) is 5.75 Å². The van der Waals surface area contributed by atoms with Crippen molar-refractivity contribution in [1.82, 2.24) is 0 Å². The minimum absolute atomic E-state index is 0.00133. The summed E-state index contributed by atoms with van der Waals surface area (Å²) in [6.07, 6.45) is 0. The molecule has 0 unspecified atom stereocenters. The maximum absolute atomic E-state index is 11.5. The first-order chi connectivity index (χ1) is 11.4. The number of nitro groups is 1. The van der Waals surface area contributed by atoms with Crippen LogP contribution in [-0.4, -0.2) is 18.0 Å². The highest BCUT2D eigenvalue weighted by Gasteiger charge is 2.15. The van der Waals surface area contributed by atoms with Crippen molar-refractivity contribution in [2.45, 2.75) is 6.92 Å². The number of carbonyl (C=O) groups excluding carboxylic acids is 1. The summed E-state index contributed by atoms with van der Waals surface area (Å²) in [5.74, 6) is 0.628. The van der Waals surface area contributed by atoms with Crippen molar-refractivity contribution in [3.05, 3.63) is 69.8 Å². The number of ether oxygens (including phenoxy) is 2. The average Bonchev–Trinajstić information content (AvgIpc) is 2.59. The number of hydrogen-bond donors (Lipinski definition) is 0. The third-order valence-corrected chi connectivity index (χ3v) is 4.24. The molecule has 0 aliphatic heterocycles. The van der Waals surface area contributed by atoms with Crippen molar-refractivity contribution < 1.29 is 19.2 Å². The maximum Gasteiger partial charge on any atom is 0.308 e. The van der Waals surface area contributed by atoms with Gasteiger partial charge in [0.1, 0.15) is 5.75 Å². The van der Waals surface area contributed by atoms with E-state index in [1.54, 1.807) is 43.5 Å². The largest absolute Gasteiger partial charge is 0.497 e. The van der Waals surface area contributed by atoms with Gasteiger partial charge in [0, 0.05) is 24.6 Å². The van der Waals surface area contributed by atoms with Gasteiger partial charge in [-0.05, 0) is 64.6 Å². The fraction of sp³-hybridized carbons (Fsp3) is 0.118. The third kappa shape index (κ3) is 4.31. The minimum atomic E-state index is -0.461. The van der Waals surface area contributed by atoms with Gasteiger partial charge in [0.15, 0.2) is 5.76 Å². The molecular weight excluding hydrogens is 425 g/mol. The van der Waals surface area contributed by atoms with Crippen molar-refractivity contribution in [3.63, 3.8) is 0 Å². The molecule has 24 heavy (non-hydrogen) atoms. The summed E-state index contributed by atoms with van der Waals surface area (Å²) in [6.45, 7) is 1.32. The Bertz CT molecular complexity index is 782. The van der Waals surface area contributed by atoms with Crippen LogP contribution in [0.2, 0.25) is 0 Å². The highest BCUT2D eigenvalue weighted by atomic mass is 127. The number of non-ortho nitro benzene ring substituents is 1. The normalized spacial score (nSPS) is 11.5. The van der Waals surface area contributed by atoms with Gasteiger partial charge in [0.2, 0.25) is 0 Å². The predicted molar refractivity (Wildman–Crippen MR) is 98.7 cm³/mol. The number of methoxy groups -OCH3 is 1. The van der Waals surface area contributed by atoms with Gasteiger partial charge in [-0.25, -0.2) is 0 Å². The number of nitro benzene ring substituents is 1. The van der Waals surface area contributed by atoms with Crippen molar-refractivity contribution >= 4 is 43.6 Å². The van der Waals surface area contributed by atoms with E-state index in [1.807, 2.05) is 0 Å². The van der Waals surface area contributed by atoms with Gasteiger partial charge >= 0.3 is 5.97 Å². The minimum Gasteiger partial charge on any atom is -0.497 e. The molecule has 0 aliphatic carbocycles. The Balaban J connectivity index is 2.48. The van der Waals surface area contributed by atoms with Gasteiger partial charge in [0.05, 0.1) is 15.6 Å². The highest BCUT2D eigenvalue weighted by molar-refractivity contribution is 14.1. The van der Waals surface area contributed by atoms with Crippen molar-refractivity contribution in [1.29, 1.82) is 0 Å². The van der Waals surface area contributed by atoms with E-state index in [4.69, 9.17) is 9.47 Å². The lowest BCUT2D eigenvalue weighted by molar-refractivity contribution is -0.384. The molecule has 0 saturated heterocycles. The van der Waals surface area contributed by atoms with E-state index >= 15 is 0 Å². The van der Waals surface area contributed by atoms with E-state index < -0.39 is 10.9 Å². The van der Waals surface area contributed by atoms with Gasteiger partial charge < -0.3 is 9.47 Å². The summed E-state index contributed by atoms with van der Waals surface area (Å²) in [5.41, 5.74) is 1.42. The van der Waals surface area contributed by atoms with E-state index in [1.165, 1.54) is 19.1 Å². The first-order valence-corrected chi connectivity index (χ1v) is 7.97. The smallest absolute Gasteiger partial charge is 0.308 e. The SMILES string of the molecule is COc1ccc(/C(OC(C)=O)=C(\I)c2ccc([N+](=O)[O-])cc2)cc1. The number of hydrogen-bond acceptors (Lipinski definition) is 5. The predicted octanol–water partition coefficient (Wildman–Crippen LogP) is 4.43. The Kier molecular flexibility index (Phi) is 5.91. The molecule has 0 aromatic heterocycles. The van der Waals surface area contributed by atoms with Crippen LogP contribution >= 0.6 is 22.6 Å². The van der Waals surface area contributed by atoms with Crippen LogP contribution in [0, 0.1) is 10.1 Å². The van der Waals surface area contributed by atoms with E-state index in [-0.39, 0.29) is 5.69 Å². The lowest BCUT2D eigenvalue weighted by Crippen LogP contribution is -2.00. The van der Waals surface area contributed by atoms with Gasteiger partial charge in [-0.1, -0.05) is 0 Å². The van der Waals surface area contributed by atoms with E-state index in [0.717, 1.165) is 0 Å². The Morgan fingerprint density at radius 3 is 2.04 bits per heavy atom. The maximum atomic E-state index is 11.5. The van der Waals surface area contributed by atoms with E-state index in [0.29, 0.717) is 26.2 Å². The number of benzene rings is 2. The summed E-state index contributed by atoms with van der Waals surface area (Å²) >= 11 is 2.05. The Morgan fingerprint density at radius 1 is 1.04 bits per heavy atom. The molecule has 0 bridgehead atoms. The zero-order valence-corrected chi connectivity index (χ0v) is 15.1. The number of halogens is 1. The Morgan fingerprint density at radius 2 is 1.58 bits per heavy atom. The molecule has 2 aromatic rings. The van der Waals surface area contributed by atoms with E-state index in [2.05, 4.69) is 22.6 Å². The summed E-state index contributed by atoms with van der Waals surface area (Å²) in [7, 11) is 1.57. The quantitative estimate of drug-likeness (QED) is 0.172. The van der Waals surface area contributed by atoms with Crippen LogP contribution in [0.3, 0.4) is 0 Å². The molecule has 0 saturated carbocycles. The van der Waals surface area contributed by atoms with Gasteiger partial charge in [-0.15, -0.1) is 0 Å². The zero-order chi connectivity index (χ0) is 17.7. The lowest BCUT2D eigenvalue weighted by atomic mass is 10.1. The van der Waals surface area contributed by atoms with Crippen LogP contribution in [0.15, 0.2) is 48.5 Å². The molecule has 0 aliphatic rings. The fourth-order valence-electron chi connectivity index (χ4n) is 1.98. The summed E-state index contributed by atoms with van der Waals surface area (Å²) in [6, 6.07) is 13.1. The monoisotopic (exact) mass is 439 g/mol. The molecule has 0 amide bonds. The Labute approximate surface area is 152 Å². The van der Waals surface area contributed by atoms with Crippen LogP contribution in [-0.2, 0) is 9.53 Å². The molecule has 6 nitrogen and oxygen atoms in total. The Hall–Kier alpha value is -2.42. The average molecular weight is 439 g/mol. The first-order valence-electron chi connectivity index (χ1n) is 6.90. The summed E-state index contributed by atoms with van der Waals surface area (Å²) in [5, 5.41) is 10.8. The van der Waals surface area contributed by atoms with Crippen LogP contribution in [0.5, 0.6) is 5.75 Å². The molecular formula is C17H14INO5. The van der Waals surface area contributed by atoms with Crippen molar-refractivity contribution in [2.24, 2.45) is 0 Å². The molecule has 0 N–H and O–H groups in total. The molecule has 0 atom stereocenters. The van der Waals surface area contributed by atoms with E-state index in [9.17, 15) is 14.9 Å². The molecule has 0 spiro atoms. The second kappa shape index (κ2) is 7.91. The zero-order valence-electron chi connectivity index (χ0n) is 13.0. The fourth-order valence-corrected chi connectivity index (χ4v) is 2.76. The van der Waals surface area contributed by atoms with Gasteiger partial charge in [0.25, 0.3) is 5.69 Å². The number of nitrogens with zero attached hydrogens (tertiary/aromatic N) is 1. The van der Waals surface area contributed by atoms with Gasteiger partial charge in [-0.2, -0.15) is 0 Å². The second-order valence-corrected chi connectivity index (χ2v) is 5.85. The molecule has 0 heterocycles. The van der Waals surface area contributed by atoms with Crippen LogP contribution < -0.4 is 4.74 Å². The first kappa shape index (κ1) is 17.9. The van der Waals surface area contributed by atoms with Gasteiger partial charge in [-0.3, -0.25) is 14.9 Å². The number of rotatable bonds is 5. The topological polar surface area (TPSA) is 78.7 Å². The van der Waals surface area contributed by atoms with Crippen LogP contribution in [0.1, 0.15) is 18.1 Å². The molecule has 0 radical (unpaired) electrons. The molecule has 7 heteroatoms. The summed E-state index contributed by atoms with van der Waals surface area (Å²) in [4.78, 5) is 21.7.